The fraction of sp³-hybridized carbons (Fsp3) is 0.361. The first kappa shape index (κ1) is 28.0. The lowest BCUT2D eigenvalue weighted by atomic mass is 9.85. The van der Waals surface area contributed by atoms with Crippen LogP contribution in [0, 0.1) is 13.8 Å². The Balaban J connectivity index is 1.76. The Bertz CT molecular complexity index is 1880. The number of rotatable bonds is 5. The van der Waals surface area contributed by atoms with Gasteiger partial charge >= 0.3 is 5.97 Å². The van der Waals surface area contributed by atoms with Crippen LogP contribution in [0.2, 0.25) is 0 Å². The number of H-pyrrole nitrogens is 2. The molecule has 5 heterocycles. The van der Waals surface area contributed by atoms with Gasteiger partial charge in [0.1, 0.15) is 0 Å². The van der Waals surface area contributed by atoms with Crippen molar-refractivity contribution in [2.24, 2.45) is 0 Å². The predicted molar refractivity (Wildman–Crippen MR) is 172 cm³/mol. The molecule has 2 atom stereocenters. The molecule has 6 heteroatoms. The zero-order valence-corrected chi connectivity index (χ0v) is 25.8. The highest BCUT2D eigenvalue weighted by Gasteiger charge is 2.37. The normalized spacial score (nSPS) is 18.7. The number of methoxy groups -OCH3 is 1. The summed E-state index contributed by atoms with van der Waals surface area (Å²) in [5.74, 6) is 0.0378. The smallest absolute Gasteiger partial charge is 0.305 e. The molecule has 0 spiro atoms. The van der Waals surface area contributed by atoms with Crippen LogP contribution in [0.5, 0.6) is 0 Å². The molecule has 0 fully saturated rings. The standard InChI is InChI=1S/C36H40N4O2/c1-9-22-14-26-35-25(12-13-33(41)42-8)20(6)29(39-35)15-27-18(4)23(10-2)31(37-27)16-28-19(5)24(11-3)32(38-28)17-30-21(7)34(22)36(26)40-30/h9-10,15-17,20,25,37-38H,2,11-14H2,1,3-8H3/b22-9+,27-15?,28-16?,29-15?,30-17?,31-16?,32-17?,35-26?/t20-,25-/m0/s1. The maximum atomic E-state index is 12.2. The third kappa shape index (κ3) is 4.27. The molecule has 42 heavy (non-hydrogen) atoms. The Morgan fingerprint density at radius 2 is 1.81 bits per heavy atom. The molecule has 0 aromatic carbocycles. The number of fused-ring (bicyclic) bond motifs is 8. The fourth-order valence-corrected chi connectivity index (χ4v) is 7.13. The zero-order valence-electron chi connectivity index (χ0n) is 25.8. The molecular weight excluding hydrogens is 520 g/mol. The topological polar surface area (TPSA) is 83.7 Å². The second-order valence-electron chi connectivity index (χ2n) is 11.8. The van der Waals surface area contributed by atoms with E-state index in [9.17, 15) is 4.79 Å². The highest BCUT2D eigenvalue weighted by Crippen LogP contribution is 2.49. The Labute approximate surface area is 247 Å². The lowest BCUT2D eigenvalue weighted by Gasteiger charge is -2.16. The summed E-state index contributed by atoms with van der Waals surface area (Å²) in [5, 5.41) is 0. The third-order valence-corrected chi connectivity index (χ3v) is 9.66. The molecule has 3 aromatic heterocycles. The minimum Gasteiger partial charge on any atom is -0.469 e. The van der Waals surface area contributed by atoms with Gasteiger partial charge in [0.05, 0.1) is 24.2 Å². The van der Waals surface area contributed by atoms with Crippen molar-refractivity contribution in [3.63, 3.8) is 0 Å². The number of carbonyl (C=O) groups excluding carboxylic acids is 1. The van der Waals surface area contributed by atoms with Gasteiger partial charge in [-0.15, -0.1) is 0 Å². The maximum Gasteiger partial charge on any atom is 0.305 e. The monoisotopic (exact) mass is 560 g/mol. The first-order chi connectivity index (χ1) is 20.2. The van der Waals surface area contributed by atoms with Gasteiger partial charge < -0.3 is 14.7 Å². The summed E-state index contributed by atoms with van der Waals surface area (Å²) in [6.07, 6.45) is 6.90. The van der Waals surface area contributed by atoms with Gasteiger partial charge in [0.15, 0.2) is 0 Å². The van der Waals surface area contributed by atoms with Gasteiger partial charge in [-0.3, -0.25) is 9.78 Å². The van der Waals surface area contributed by atoms with Gasteiger partial charge in [-0.1, -0.05) is 32.6 Å². The number of hydrogen-bond acceptors (Lipinski definition) is 4. The number of carbonyl (C=O) groups is 1. The van der Waals surface area contributed by atoms with Crippen LogP contribution < -0.4 is 0 Å². The van der Waals surface area contributed by atoms with Crippen molar-refractivity contribution < 1.29 is 9.53 Å². The molecule has 0 saturated heterocycles. The van der Waals surface area contributed by atoms with Gasteiger partial charge in [0.2, 0.25) is 0 Å². The lowest BCUT2D eigenvalue weighted by Crippen LogP contribution is -2.09. The number of allylic oxidation sites excluding steroid dienone is 4. The molecule has 2 aliphatic heterocycles. The van der Waals surface area contributed by atoms with E-state index in [0.717, 1.165) is 68.8 Å². The van der Waals surface area contributed by atoms with Crippen LogP contribution >= 0.6 is 0 Å². The quantitative estimate of drug-likeness (QED) is 0.307. The van der Waals surface area contributed by atoms with Crippen LogP contribution in [0.25, 0.3) is 39.3 Å². The van der Waals surface area contributed by atoms with Crippen LogP contribution in [0.1, 0.15) is 103 Å². The summed E-state index contributed by atoms with van der Waals surface area (Å²) in [6, 6.07) is 6.60. The van der Waals surface area contributed by atoms with Crippen LogP contribution in [-0.4, -0.2) is 33.0 Å². The van der Waals surface area contributed by atoms with E-state index in [1.807, 2.05) is 6.08 Å². The molecule has 2 N–H and O–H groups in total. The summed E-state index contributed by atoms with van der Waals surface area (Å²) < 4.78 is 5.02. The van der Waals surface area contributed by atoms with Gasteiger partial charge in [0.25, 0.3) is 0 Å². The van der Waals surface area contributed by atoms with E-state index in [1.165, 1.54) is 40.5 Å². The molecule has 3 aliphatic rings. The van der Waals surface area contributed by atoms with Crippen molar-refractivity contribution in [3.05, 3.63) is 87.0 Å². The first-order valence-electron chi connectivity index (χ1n) is 15.0. The number of aryl methyl sites for hydroxylation is 3. The molecular formula is C36H40N4O2. The SMILES string of the molecule is C=Cc1c(C)c2cc3nc(c4c5nc(cc6[nH]c(cc1[nH]2)c(C)c6CC)C(C)=C5/C(=C/C)C4)[C@@H](CCC(=O)OC)[C@@H]3C. The summed E-state index contributed by atoms with van der Waals surface area (Å²) in [5.41, 5.74) is 18.0. The molecule has 3 aromatic rings. The van der Waals surface area contributed by atoms with E-state index in [4.69, 9.17) is 14.7 Å². The molecule has 0 radical (unpaired) electrons. The van der Waals surface area contributed by atoms with Crippen molar-refractivity contribution in [1.29, 1.82) is 0 Å². The number of aromatic amines is 2. The van der Waals surface area contributed by atoms with Crippen LogP contribution in [0.3, 0.4) is 0 Å². The van der Waals surface area contributed by atoms with Crippen molar-refractivity contribution in [2.75, 3.05) is 7.11 Å². The fourth-order valence-electron chi connectivity index (χ4n) is 7.13. The second-order valence-corrected chi connectivity index (χ2v) is 11.8. The van der Waals surface area contributed by atoms with Gasteiger partial charge in [0, 0.05) is 69.1 Å². The van der Waals surface area contributed by atoms with E-state index in [0.29, 0.717) is 12.8 Å². The number of nitrogens with zero attached hydrogens (tertiary/aromatic N) is 2. The van der Waals surface area contributed by atoms with E-state index in [-0.39, 0.29) is 17.8 Å². The lowest BCUT2D eigenvalue weighted by molar-refractivity contribution is -0.140. The minimum absolute atomic E-state index is 0.0922. The van der Waals surface area contributed by atoms with E-state index < -0.39 is 0 Å². The molecule has 0 unspecified atom stereocenters. The molecule has 6 rings (SSSR count). The Morgan fingerprint density at radius 1 is 1.07 bits per heavy atom. The van der Waals surface area contributed by atoms with Gasteiger partial charge in [-0.2, -0.15) is 0 Å². The summed E-state index contributed by atoms with van der Waals surface area (Å²) in [7, 11) is 1.45. The van der Waals surface area contributed by atoms with Crippen molar-refractivity contribution >= 4 is 45.3 Å². The number of esters is 1. The Morgan fingerprint density at radius 3 is 2.50 bits per heavy atom. The summed E-state index contributed by atoms with van der Waals surface area (Å²) in [6.45, 7) is 17.2. The van der Waals surface area contributed by atoms with E-state index in [2.05, 4.69) is 82.4 Å². The highest BCUT2D eigenvalue weighted by atomic mass is 16.5. The van der Waals surface area contributed by atoms with Crippen LogP contribution in [0.4, 0.5) is 0 Å². The Kier molecular flexibility index (Phi) is 7.04. The largest absolute Gasteiger partial charge is 0.469 e. The average Bonchev–Trinajstić information content (AvgIpc) is 3.73. The number of hydrogen-bond donors (Lipinski definition) is 2. The number of nitrogens with one attached hydrogen (secondary N) is 2. The second kappa shape index (κ2) is 10.6. The maximum absolute atomic E-state index is 12.2. The predicted octanol–water partition coefficient (Wildman–Crippen LogP) is 8.41. The molecule has 0 saturated carbocycles. The average molecular weight is 561 g/mol. The van der Waals surface area contributed by atoms with Gasteiger partial charge in [-0.05, 0) is 86.6 Å². The number of aromatic nitrogens is 4. The molecule has 8 bridgehead atoms. The zero-order chi connectivity index (χ0) is 29.9. The highest BCUT2D eigenvalue weighted by molar-refractivity contribution is 6.02. The number of ether oxygens (including phenoxy) is 1. The van der Waals surface area contributed by atoms with E-state index >= 15 is 0 Å². The van der Waals surface area contributed by atoms with Crippen molar-refractivity contribution in [2.45, 2.75) is 79.1 Å². The van der Waals surface area contributed by atoms with Crippen LogP contribution in [0.15, 0.2) is 36.4 Å². The molecule has 1 aliphatic carbocycles. The first-order valence-corrected chi connectivity index (χ1v) is 15.0. The molecule has 0 amide bonds. The third-order valence-electron chi connectivity index (χ3n) is 9.66. The van der Waals surface area contributed by atoms with Crippen LogP contribution in [-0.2, 0) is 22.4 Å². The van der Waals surface area contributed by atoms with Crippen molar-refractivity contribution in [3.8, 4) is 0 Å². The van der Waals surface area contributed by atoms with Gasteiger partial charge in [-0.25, -0.2) is 4.98 Å². The molecule has 6 nitrogen and oxygen atoms in total. The molecule has 216 valence electrons. The van der Waals surface area contributed by atoms with Crippen molar-refractivity contribution in [1.82, 2.24) is 19.9 Å². The minimum atomic E-state index is -0.189. The summed E-state index contributed by atoms with van der Waals surface area (Å²) >= 11 is 0. The van der Waals surface area contributed by atoms with E-state index in [1.54, 1.807) is 0 Å². The summed E-state index contributed by atoms with van der Waals surface area (Å²) in [4.78, 5) is 30.3. The Hall–Kier alpha value is -4.19.